The van der Waals surface area contributed by atoms with E-state index in [1.54, 1.807) is 0 Å². The Morgan fingerprint density at radius 3 is 0.884 bits per heavy atom. The second kappa shape index (κ2) is 35.4. The molecule has 0 aromatic heterocycles. The van der Waals surface area contributed by atoms with Crippen molar-refractivity contribution < 1.29 is 19.1 Å². The van der Waals surface area contributed by atoms with Crippen LogP contribution in [0.4, 0.5) is 0 Å². The third kappa shape index (κ3) is 30.7. The first-order valence-electron chi connectivity index (χ1n) is 18.7. The van der Waals surface area contributed by atoms with Gasteiger partial charge in [0.1, 0.15) is 0 Å². The first-order valence-corrected chi connectivity index (χ1v) is 18.7. The van der Waals surface area contributed by atoms with E-state index < -0.39 is 0 Å². The number of carbonyl (C=O) groups is 2. The van der Waals surface area contributed by atoms with Crippen molar-refractivity contribution in [2.45, 2.75) is 214 Å². The largest absolute Gasteiger partial charge is 0.469 e. The highest BCUT2D eigenvalue weighted by atomic mass is 16.5. The van der Waals surface area contributed by atoms with E-state index in [4.69, 9.17) is 9.47 Å². The highest BCUT2D eigenvalue weighted by Gasteiger charge is 2.20. The van der Waals surface area contributed by atoms with Crippen LogP contribution in [0, 0.1) is 11.8 Å². The number of rotatable bonds is 33. The fraction of sp³-hybridized carbons (Fsp3) is 0.949. The highest BCUT2D eigenvalue weighted by molar-refractivity contribution is 5.69. The molecule has 0 aliphatic heterocycles. The molecule has 0 rings (SSSR count). The van der Waals surface area contributed by atoms with Crippen LogP contribution < -0.4 is 0 Å². The molecule has 0 radical (unpaired) electrons. The van der Waals surface area contributed by atoms with Crippen LogP contribution in [0.15, 0.2) is 0 Å². The zero-order valence-corrected chi connectivity index (χ0v) is 29.0. The van der Waals surface area contributed by atoms with Crippen molar-refractivity contribution in [3.63, 3.8) is 0 Å². The fourth-order valence-electron chi connectivity index (χ4n) is 6.58. The Morgan fingerprint density at radius 1 is 0.395 bits per heavy atom. The fourth-order valence-corrected chi connectivity index (χ4v) is 6.58. The van der Waals surface area contributed by atoms with E-state index in [-0.39, 0.29) is 19.4 Å². The quantitative estimate of drug-likeness (QED) is 0.0548. The number of carbonyl (C=O) groups excluding carboxylic acids is 2. The normalized spacial score (nSPS) is 12.5. The SMILES string of the molecule is C.CCCCCCCCCC(CCCCCCCC(=O)OC)C(CCCCCCCCC)CCCCCCCC(=O)OC. The summed E-state index contributed by atoms with van der Waals surface area (Å²) in [6.45, 7) is 4.61. The van der Waals surface area contributed by atoms with Crippen LogP contribution in [0.5, 0.6) is 0 Å². The van der Waals surface area contributed by atoms with Crippen LogP contribution in [0.2, 0.25) is 0 Å². The lowest BCUT2D eigenvalue weighted by atomic mass is 9.78. The molecule has 2 unspecified atom stereocenters. The molecule has 4 heteroatoms. The van der Waals surface area contributed by atoms with Gasteiger partial charge in [0.15, 0.2) is 0 Å². The summed E-state index contributed by atoms with van der Waals surface area (Å²) in [5.41, 5.74) is 0. The molecule has 0 saturated heterocycles. The lowest BCUT2D eigenvalue weighted by Gasteiger charge is -2.28. The van der Waals surface area contributed by atoms with Gasteiger partial charge in [0.05, 0.1) is 14.2 Å². The van der Waals surface area contributed by atoms with Crippen molar-refractivity contribution in [2.75, 3.05) is 14.2 Å². The van der Waals surface area contributed by atoms with Crippen molar-refractivity contribution in [1.29, 1.82) is 0 Å². The Kier molecular flexibility index (Phi) is 36.3. The van der Waals surface area contributed by atoms with Gasteiger partial charge in [0.25, 0.3) is 0 Å². The average Bonchev–Trinajstić information content (AvgIpc) is 3.00. The van der Waals surface area contributed by atoms with Crippen molar-refractivity contribution in [3.05, 3.63) is 0 Å². The number of unbranched alkanes of at least 4 members (excludes halogenated alkanes) is 20. The number of methoxy groups -OCH3 is 2. The molecule has 0 aromatic carbocycles. The van der Waals surface area contributed by atoms with Gasteiger partial charge in [-0.3, -0.25) is 9.59 Å². The summed E-state index contributed by atoms with van der Waals surface area (Å²) >= 11 is 0. The van der Waals surface area contributed by atoms with Gasteiger partial charge in [0, 0.05) is 12.8 Å². The number of ether oxygens (including phenoxy) is 2. The molecule has 0 aliphatic carbocycles. The molecule has 0 aliphatic rings. The van der Waals surface area contributed by atoms with Gasteiger partial charge in [0.2, 0.25) is 0 Å². The summed E-state index contributed by atoms with van der Waals surface area (Å²) in [6.07, 6.45) is 38.4. The molecule has 2 atom stereocenters. The van der Waals surface area contributed by atoms with E-state index in [0.29, 0.717) is 12.8 Å². The molecule has 0 bridgehead atoms. The minimum Gasteiger partial charge on any atom is -0.469 e. The first-order chi connectivity index (χ1) is 20.6. The van der Waals surface area contributed by atoms with E-state index in [1.807, 2.05) is 0 Å². The van der Waals surface area contributed by atoms with Crippen LogP contribution >= 0.6 is 0 Å². The number of hydrogen-bond donors (Lipinski definition) is 0. The summed E-state index contributed by atoms with van der Waals surface area (Å²) in [5.74, 6) is 1.63. The molecule has 258 valence electrons. The van der Waals surface area contributed by atoms with Gasteiger partial charge in [-0.25, -0.2) is 0 Å². The predicted molar refractivity (Wildman–Crippen MR) is 188 cm³/mol. The Labute approximate surface area is 270 Å². The summed E-state index contributed by atoms with van der Waals surface area (Å²) in [4.78, 5) is 22.8. The predicted octanol–water partition coefficient (Wildman–Crippen LogP) is 12.9. The highest BCUT2D eigenvalue weighted by Crippen LogP contribution is 2.33. The lowest BCUT2D eigenvalue weighted by Crippen LogP contribution is -2.16. The van der Waals surface area contributed by atoms with E-state index in [2.05, 4.69) is 13.8 Å². The van der Waals surface area contributed by atoms with Crippen LogP contribution in [-0.2, 0) is 19.1 Å². The molecule has 4 nitrogen and oxygen atoms in total. The van der Waals surface area contributed by atoms with Crippen LogP contribution in [0.3, 0.4) is 0 Å². The topological polar surface area (TPSA) is 52.6 Å². The molecular weight excluding hydrogens is 532 g/mol. The van der Waals surface area contributed by atoms with Crippen molar-refractivity contribution >= 4 is 11.9 Å². The second-order valence-electron chi connectivity index (χ2n) is 13.1. The second-order valence-corrected chi connectivity index (χ2v) is 13.1. The number of hydrogen-bond acceptors (Lipinski definition) is 4. The van der Waals surface area contributed by atoms with Gasteiger partial charge >= 0.3 is 11.9 Å². The van der Waals surface area contributed by atoms with Crippen molar-refractivity contribution in [1.82, 2.24) is 0 Å². The Balaban J connectivity index is 0. The zero-order chi connectivity index (χ0) is 30.9. The van der Waals surface area contributed by atoms with Crippen LogP contribution in [0.25, 0.3) is 0 Å². The summed E-state index contributed by atoms with van der Waals surface area (Å²) in [5, 5.41) is 0. The van der Waals surface area contributed by atoms with Crippen LogP contribution in [0.1, 0.15) is 214 Å². The van der Waals surface area contributed by atoms with Crippen LogP contribution in [-0.4, -0.2) is 26.2 Å². The molecule has 0 saturated carbocycles. The first kappa shape index (κ1) is 44.1. The maximum Gasteiger partial charge on any atom is 0.305 e. The van der Waals surface area contributed by atoms with Gasteiger partial charge < -0.3 is 9.47 Å². The minimum absolute atomic E-state index is 0. The Bertz CT molecular complexity index is 526. The molecule has 0 fully saturated rings. The summed E-state index contributed by atoms with van der Waals surface area (Å²) < 4.78 is 9.58. The Morgan fingerprint density at radius 2 is 0.628 bits per heavy atom. The molecule has 0 spiro atoms. The smallest absolute Gasteiger partial charge is 0.305 e. The maximum atomic E-state index is 11.4. The van der Waals surface area contributed by atoms with E-state index in [9.17, 15) is 9.59 Å². The third-order valence-electron chi connectivity index (χ3n) is 9.39. The van der Waals surface area contributed by atoms with E-state index in [0.717, 1.165) is 37.5 Å². The van der Waals surface area contributed by atoms with Gasteiger partial charge in [-0.2, -0.15) is 0 Å². The van der Waals surface area contributed by atoms with Crippen molar-refractivity contribution in [2.24, 2.45) is 11.8 Å². The molecule has 0 aromatic rings. The zero-order valence-electron chi connectivity index (χ0n) is 29.0. The minimum atomic E-state index is -0.0681. The Hall–Kier alpha value is -1.06. The number of esters is 2. The summed E-state index contributed by atoms with van der Waals surface area (Å²) in [7, 11) is 2.98. The molecular formula is C39H78O4. The molecule has 43 heavy (non-hydrogen) atoms. The van der Waals surface area contributed by atoms with Gasteiger partial charge in [-0.05, 0) is 24.7 Å². The molecule has 0 N–H and O–H groups in total. The lowest BCUT2D eigenvalue weighted by molar-refractivity contribution is -0.141. The van der Waals surface area contributed by atoms with Gasteiger partial charge in [-0.15, -0.1) is 0 Å². The van der Waals surface area contributed by atoms with E-state index >= 15 is 0 Å². The monoisotopic (exact) mass is 611 g/mol. The third-order valence-corrected chi connectivity index (χ3v) is 9.39. The van der Waals surface area contributed by atoms with E-state index in [1.165, 1.54) is 168 Å². The molecule has 0 amide bonds. The maximum absolute atomic E-state index is 11.4. The van der Waals surface area contributed by atoms with Gasteiger partial charge in [-0.1, -0.05) is 188 Å². The van der Waals surface area contributed by atoms with Crippen molar-refractivity contribution in [3.8, 4) is 0 Å². The molecule has 0 heterocycles. The summed E-state index contributed by atoms with van der Waals surface area (Å²) in [6, 6.07) is 0. The standard InChI is InChI=1S/C38H74O4.CH4/c1-5-7-9-11-13-17-23-29-35(31-25-19-15-21-27-33-37(39)41-3)36(30-24-18-14-12-10-8-6-2)32-26-20-16-22-28-34-38(40)42-4;/h35-36H,5-34H2,1-4H3;1H4. The average molecular weight is 611 g/mol.